The van der Waals surface area contributed by atoms with Crippen LogP contribution in [0.15, 0.2) is 48.5 Å². The van der Waals surface area contributed by atoms with Gasteiger partial charge < -0.3 is 0 Å². The van der Waals surface area contributed by atoms with Gasteiger partial charge in [0.05, 0.1) is 12.5 Å². The minimum Gasteiger partial charge on any atom is -0.198 e. The highest BCUT2D eigenvalue weighted by Gasteiger charge is 1.97. The molecule has 0 aromatic heterocycles. The van der Waals surface area contributed by atoms with Crippen LogP contribution in [0.4, 0.5) is 0 Å². The fourth-order valence-corrected chi connectivity index (χ4v) is 1.92. The average Bonchev–Trinajstić information content (AvgIpc) is 2.32. The van der Waals surface area contributed by atoms with Crippen molar-refractivity contribution < 1.29 is 0 Å². The Morgan fingerprint density at radius 3 is 2.29 bits per heavy atom. The Kier molecular flexibility index (Phi) is 3.57. The van der Waals surface area contributed by atoms with Crippen molar-refractivity contribution in [2.45, 2.75) is 19.8 Å². The Labute approximate surface area is 102 Å². The van der Waals surface area contributed by atoms with Crippen LogP contribution < -0.4 is 0 Å². The van der Waals surface area contributed by atoms with Gasteiger partial charge in [0.1, 0.15) is 0 Å². The fraction of sp³-hybridized carbons (Fsp3) is 0.188. The van der Waals surface area contributed by atoms with Gasteiger partial charge in [-0.3, -0.25) is 0 Å². The van der Waals surface area contributed by atoms with Crippen molar-refractivity contribution >= 4 is 0 Å². The van der Waals surface area contributed by atoms with Gasteiger partial charge in [-0.2, -0.15) is 5.26 Å². The molecule has 0 fully saturated rings. The Bertz CT molecular complexity index is 532. The van der Waals surface area contributed by atoms with E-state index in [0.717, 1.165) is 12.0 Å². The first kappa shape index (κ1) is 11.4. The maximum absolute atomic E-state index is 8.60. The van der Waals surface area contributed by atoms with Crippen LogP contribution >= 0.6 is 0 Å². The molecule has 0 bridgehead atoms. The predicted octanol–water partition coefficient (Wildman–Crippen LogP) is 3.65. The molecule has 0 spiro atoms. The fourth-order valence-electron chi connectivity index (χ4n) is 1.92. The van der Waals surface area contributed by atoms with E-state index in [2.05, 4.69) is 49.4 Å². The van der Waals surface area contributed by atoms with Gasteiger partial charge in [-0.1, -0.05) is 54.1 Å². The lowest BCUT2D eigenvalue weighted by Gasteiger charge is -2.04. The lowest BCUT2D eigenvalue weighted by molar-refractivity contribution is 1.16. The Morgan fingerprint density at radius 1 is 0.941 bits per heavy atom. The second-order valence-electron chi connectivity index (χ2n) is 4.32. The molecule has 0 radical (unpaired) electrons. The standard InChI is InChI=1S/C16H15N/c1-13-3-2-4-16(11-13)12-15-7-5-14(6-8-15)9-10-17/h2-8,11H,9,12H2,1H3. The maximum atomic E-state index is 8.60. The van der Waals surface area contributed by atoms with Crippen molar-refractivity contribution in [3.05, 3.63) is 70.8 Å². The molecule has 0 amide bonds. The second kappa shape index (κ2) is 5.32. The zero-order chi connectivity index (χ0) is 12.1. The minimum absolute atomic E-state index is 0.491. The first-order valence-corrected chi connectivity index (χ1v) is 5.78. The average molecular weight is 221 g/mol. The zero-order valence-electron chi connectivity index (χ0n) is 9.98. The van der Waals surface area contributed by atoms with E-state index in [9.17, 15) is 0 Å². The van der Waals surface area contributed by atoms with E-state index in [1.54, 1.807) is 0 Å². The van der Waals surface area contributed by atoms with E-state index in [0.29, 0.717) is 6.42 Å². The molecule has 1 heteroatoms. The summed E-state index contributed by atoms with van der Waals surface area (Å²) in [5.74, 6) is 0. The largest absolute Gasteiger partial charge is 0.198 e. The topological polar surface area (TPSA) is 23.8 Å². The van der Waals surface area contributed by atoms with E-state index in [4.69, 9.17) is 5.26 Å². The van der Waals surface area contributed by atoms with Crippen molar-refractivity contribution in [1.29, 1.82) is 5.26 Å². The summed E-state index contributed by atoms with van der Waals surface area (Å²) >= 11 is 0. The summed E-state index contributed by atoms with van der Waals surface area (Å²) in [6.45, 7) is 2.11. The van der Waals surface area contributed by atoms with E-state index in [-0.39, 0.29) is 0 Å². The highest BCUT2D eigenvalue weighted by atomic mass is 14.2. The first-order chi connectivity index (χ1) is 8.28. The van der Waals surface area contributed by atoms with Crippen LogP contribution in [-0.2, 0) is 12.8 Å². The van der Waals surface area contributed by atoms with Crippen LogP contribution in [0.5, 0.6) is 0 Å². The summed E-state index contributed by atoms with van der Waals surface area (Å²) in [4.78, 5) is 0. The van der Waals surface area contributed by atoms with Crippen LogP contribution in [-0.4, -0.2) is 0 Å². The molecular weight excluding hydrogens is 206 g/mol. The lowest BCUT2D eigenvalue weighted by Crippen LogP contribution is -1.89. The third-order valence-corrected chi connectivity index (χ3v) is 2.80. The Balaban J connectivity index is 2.11. The Morgan fingerprint density at radius 2 is 1.65 bits per heavy atom. The SMILES string of the molecule is Cc1cccc(Cc2ccc(CC#N)cc2)c1. The van der Waals surface area contributed by atoms with Gasteiger partial charge in [0.25, 0.3) is 0 Å². The minimum atomic E-state index is 0.491. The van der Waals surface area contributed by atoms with Crippen LogP contribution in [0.2, 0.25) is 0 Å². The van der Waals surface area contributed by atoms with Gasteiger partial charge in [-0.25, -0.2) is 0 Å². The first-order valence-electron chi connectivity index (χ1n) is 5.78. The molecule has 17 heavy (non-hydrogen) atoms. The highest BCUT2D eigenvalue weighted by molar-refractivity contribution is 5.31. The molecule has 2 aromatic carbocycles. The number of benzene rings is 2. The van der Waals surface area contributed by atoms with Gasteiger partial charge in [-0.15, -0.1) is 0 Å². The summed E-state index contributed by atoms with van der Waals surface area (Å²) < 4.78 is 0. The van der Waals surface area contributed by atoms with E-state index in [1.807, 2.05) is 12.1 Å². The normalized spacial score (nSPS) is 9.88. The molecule has 2 rings (SSSR count). The van der Waals surface area contributed by atoms with Crippen LogP contribution in [0.1, 0.15) is 22.3 Å². The van der Waals surface area contributed by atoms with Crippen molar-refractivity contribution in [1.82, 2.24) is 0 Å². The third kappa shape index (κ3) is 3.19. The molecule has 1 nitrogen and oxygen atoms in total. The number of hydrogen-bond acceptors (Lipinski definition) is 1. The monoisotopic (exact) mass is 221 g/mol. The van der Waals surface area contributed by atoms with Crippen LogP contribution in [0, 0.1) is 18.3 Å². The summed E-state index contributed by atoms with van der Waals surface area (Å²) in [6, 6.07) is 19.0. The van der Waals surface area contributed by atoms with Crippen LogP contribution in [0.3, 0.4) is 0 Å². The number of nitrogens with zero attached hydrogens (tertiary/aromatic N) is 1. The molecule has 0 aliphatic heterocycles. The number of nitriles is 1. The molecule has 0 saturated heterocycles. The van der Waals surface area contributed by atoms with Gasteiger partial charge >= 0.3 is 0 Å². The number of aryl methyl sites for hydroxylation is 1. The maximum Gasteiger partial charge on any atom is 0.0669 e. The second-order valence-corrected chi connectivity index (χ2v) is 4.32. The summed E-state index contributed by atoms with van der Waals surface area (Å²) in [7, 11) is 0. The Hall–Kier alpha value is -2.07. The highest BCUT2D eigenvalue weighted by Crippen LogP contribution is 2.12. The molecule has 0 aliphatic rings. The predicted molar refractivity (Wildman–Crippen MR) is 69.7 cm³/mol. The summed E-state index contributed by atoms with van der Waals surface area (Å²) in [6.07, 6.45) is 1.44. The third-order valence-electron chi connectivity index (χ3n) is 2.80. The van der Waals surface area contributed by atoms with Crippen molar-refractivity contribution in [3.8, 4) is 6.07 Å². The van der Waals surface area contributed by atoms with Crippen molar-refractivity contribution in [2.75, 3.05) is 0 Å². The van der Waals surface area contributed by atoms with E-state index < -0.39 is 0 Å². The molecule has 0 saturated carbocycles. The molecule has 0 N–H and O–H groups in total. The van der Waals surface area contributed by atoms with E-state index >= 15 is 0 Å². The van der Waals surface area contributed by atoms with Gasteiger partial charge in [-0.05, 0) is 30.0 Å². The molecular formula is C16H15N. The number of hydrogen-bond donors (Lipinski definition) is 0. The molecule has 0 unspecified atom stereocenters. The molecule has 0 heterocycles. The van der Waals surface area contributed by atoms with Gasteiger partial charge in [0.15, 0.2) is 0 Å². The van der Waals surface area contributed by atoms with Gasteiger partial charge in [0.2, 0.25) is 0 Å². The number of rotatable bonds is 3. The summed E-state index contributed by atoms with van der Waals surface area (Å²) in [5.41, 5.74) is 5.00. The quantitative estimate of drug-likeness (QED) is 0.776. The van der Waals surface area contributed by atoms with Crippen LogP contribution in [0.25, 0.3) is 0 Å². The van der Waals surface area contributed by atoms with Crippen molar-refractivity contribution in [3.63, 3.8) is 0 Å². The molecule has 0 aliphatic carbocycles. The van der Waals surface area contributed by atoms with Gasteiger partial charge in [0, 0.05) is 0 Å². The van der Waals surface area contributed by atoms with Crippen molar-refractivity contribution in [2.24, 2.45) is 0 Å². The smallest absolute Gasteiger partial charge is 0.0669 e. The lowest BCUT2D eigenvalue weighted by atomic mass is 10.0. The van der Waals surface area contributed by atoms with E-state index in [1.165, 1.54) is 16.7 Å². The molecule has 2 aromatic rings. The summed E-state index contributed by atoms with van der Waals surface area (Å²) in [5, 5.41) is 8.60. The molecule has 84 valence electrons. The zero-order valence-corrected chi connectivity index (χ0v) is 9.98. The molecule has 0 atom stereocenters.